The van der Waals surface area contributed by atoms with Gasteiger partial charge in [-0.3, -0.25) is 0 Å². The van der Waals surface area contributed by atoms with Crippen LogP contribution in [-0.4, -0.2) is 54.2 Å². The molecule has 0 bridgehead atoms. The van der Waals surface area contributed by atoms with Crippen LogP contribution in [0.2, 0.25) is 0 Å². The zero-order valence-corrected chi connectivity index (χ0v) is 16.3. The summed E-state index contributed by atoms with van der Waals surface area (Å²) in [5.41, 5.74) is 0. The van der Waals surface area contributed by atoms with Gasteiger partial charge in [0.15, 0.2) is 0 Å². The van der Waals surface area contributed by atoms with Crippen molar-refractivity contribution in [2.75, 3.05) is 0 Å². The van der Waals surface area contributed by atoms with Gasteiger partial charge in [0.25, 0.3) is 0 Å². The Morgan fingerprint density at radius 3 is 0.706 bits per heavy atom. The Morgan fingerprint density at radius 1 is 0.706 bits per heavy atom. The van der Waals surface area contributed by atoms with Crippen LogP contribution in [0.5, 0.6) is 0 Å². The third-order valence-electron chi connectivity index (χ3n) is 0. The minimum Gasteiger partial charge on any atom is -0.870 e. The minimum atomic E-state index is -5.39. The van der Waals surface area contributed by atoms with Crippen molar-refractivity contribution in [3.63, 3.8) is 0 Å². The first-order valence-electron chi connectivity index (χ1n) is 1.46. The molecule has 0 fully saturated rings. The van der Waals surface area contributed by atoms with E-state index in [4.69, 9.17) is 38.5 Å². The van der Waals surface area contributed by atoms with Crippen LogP contribution < -0.4 is 58.9 Å². The molecular formula is H4CaFeMnNaO11P2. The van der Waals surface area contributed by atoms with Gasteiger partial charge in [-0.1, -0.05) is 0 Å². The predicted octanol–water partition coefficient (Wildman–Crippen LogP) is -10.2. The van der Waals surface area contributed by atoms with E-state index >= 15 is 0 Å². The standard InChI is InChI=1S/Ca.Fe.Mn.Na.2H3O4P.3H2O/c;;;;2*1-5(2,3)4;;;/h;;;;2*(H3,1,2,3,4);3*1H2/q+2;+3;+2;+1;;;;;/p-8. The molecule has 0 rings (SSSR count). The van der Waals surface area contributed by atoms with E-state index in [0.29, 0.717) is 0 Å². The third-order valence-corrected chi connectivity index (χ3v) is 0. The normalized spacial score (nSPS) is 6.94. The van der Waals surface area contributed by atoms with Crippen LogP contribution in [0.25, 0.3) is 0 Å². The summed E-state index contributed by atoms with van der Waals surface area (Å²) in [6.07, 6.45) is 0. The molecule has 4 N–H and O–H groups in total. The topological polar surface area (TPSA) is 264 Å². The molecule has 0 unspecified atom stereocenters. The second-order valence-corrected chi connectivity index (χ2v) is 2.68. The summed E-state index contributed by atoms with van der Waals surface area (Å²) in [4.78, 5) is 51.3. The molecule has 0 aliphatic rings. The van der Waals surface area contributed by atoms with Crippen molar-refractivity contribution >= 4 is 53.4 Å². The molecular weight excluding hydrogens is 412 g/mol. The third kappa shape index (κ3) is 508. The Kier molecular flexibility index (Phi) is 96.2. The first kappa shape index (κ1) is 59.1. The molecule has 11 nitrogen and oxygen atoms in total. The molecule has 0 atom stereocenters. The molecule has 17 heteroatoms. The Labute approximate surface area is 169 Å². The number of rotatable bonds is 0. The molecule has 0 aromatic carbocycles. The summed E-state index contributed by atoms with van der Waals surface area (Å²) in [6, 6.07) is 0. The van der Waals surface area contributed by atoms with E-state index in [0.717, 1.165) is 0 Å². The van der Waals surface area contributed by atoms with Gasteiger partial charge in [-0.25, -0.2) is 0 Å². The van der Waals surface area contributed by atoms with Gasteiger partial charge in [0.1, 0.15) is 0 Å². The van der Waals surface area contributed by atoms with Gasteiger partial charge in [-0.2, -0.15) is 15.6 Å². The summed E-state index contributed by atoms with van der Waals surface area (Å²) in [5, 5.41) is 0. The fourth-order valence-electron chi connectivity index (χ4n) is 0. The minimum absolute atomic E-state index is 0. The molecule has 0 spiro atoms. The van der Waals surface area contributed by atoms with Crippen molar-refractivity contribution in [1.29, 1.82) is 0 Å². The molecule has 0 heterocycles. The van der Waals surface area contributed by atoms with Gasteiger partial charge in [0, 0.05) is 0 Å². The van der Waals surface area contributed by atoms with Crippen molar-refractivity contribution in [3.8, 4) is 0 Å². The molecule has 0 saturated heterocycles. The van der Waals surface area contributed by atoms with Crippen LogP contribution in [0.1, 0.15) is 0 Å². The van der Waals surface area contributed by atoms with Crippen molar-refractivity contribution in [2.24, 2.45) is 0 Å². The Balaban J connectivity index is -0.00000000762. The van der Waals surface area contributed by atoms with Gasteiger partial charge in [0.2, 0.25) is 0 Å². The van der Waals surface area contributed by atoms with Crippen LogP contribution in [0.4, 0.5) is 0 Å². The van der Waals surface area contributed by atoms with Crippen molar-refractivity contribution in [1.82, 2.24) is 0 Å². The van der Waals surface area contributed by atoms with Crippen molar-refractivity contribution in [3.05, 3.63) is 0 Å². The predicted molar refractivity (Wildman–Crippen MR) is 28.5 cm³/mol. The maximum absolute atomic E-state index is 8.55. The van der Waals surface area contributed by atoms with Crippen molar-refractivity contribution in [2.45, 2.75) is 0 Å². The zero-order chi connectivity index (χ0) is 9.00. The second kappa shape index (κ2) is 27.7. The van der Waals surface area contributed by atoms with Gasteiger partial charge in [0.05, 0.1) is 0 Å². The van der Waals surface area contributed by atoms with E-state index in [1.807, 2.05) is 0 Å². The fourth-order valence-corrected chi connectivity index (χ4v) is 0. The summed E-state index contributed by atoms with van der Waals surface area (Å²) >= 11 is 0. The Hall–Kier alpha value is 3.40. The summed E-state index contributed by atoms with van der Waals surface area (Å²) in [6.45, 7) is 0. The average molecular weight is 416 g/mol. The van der Waals surface area contributed by atoms with Crippen LogP contribution in [0, 0.1) is 0 Å². The molecule has 17 heavy (non-hydrogen) atoms. The molecule has 0 aliphatic carbocycles. The van der Waals surface area contributed by atoms with E-state index in [9.17, 15) is 0 Å². The molecule has 2 radical (unpaired) electrons. The SMILES string of the molecule is O.O=P([O-])([O-])[O-].O=P([O-])([O-])[O-].[Ca+2].[Fe+3].[Mn+2].[Na+].[OH-].[OH-]. The van der Waals surface area contributed by atoms with E-state index in [1.165, 1.54) is 0 Å². The molecule has 98 valence electrons. The zero-order valence-electron chi connectivity index (χ0n) is 7.99. The van der Waals surface area contributed by atoms with Gasteiger partial charge >= 0.3 is 101 Å². The second-order valence-electron chi connectivity index (χ2n) is 0.894. The molecule has 0 amide bonds. The van der Waals surface area contributed by atoms with Crippen molar-refractivity contribution < 1.29 is 119 Å². The number of phosphoric acid groups is 2. The van der Waals surface area contributed by atoms with E-state index in [-0.39, 0.29) is 118 Å². The van der Waals surface area contributed by atoms with E-state index in [1.54, 1.807) is 0 Å². The largest absolute Gasteiger partial charge is 3.00 e. The quantitative estimate of drug-likeness (QED) is 0.266. The molecule has 0 aromatic heterocycles. The van der Waals surface area contributed by atoms with Gasteiger partial charge in [-0.05, 0) is 0 Å². The Morgan fingerprint density at radius 2 is 0.706 bits per heavy atom. The maximum atomic E-state index is 8.55. The van der Waals surface area contributed by atoms with Gasteiger partial charge < -0.3 is 54.9 Å². The first-order chi connectivity index (χ1) is 4.00. The Bertz CT molecular complexity index is 142. The molecule has 0 saturated carbocycles. The molecule has 0 aromatic rings. The van der Waals surface area contributed by atoms with Crippen LogP contribution in [0.3, 0.4) is 0 Å². The fraction of sp³-hybridized carbons (Fsp3) is 0. The maximum Gasteiger partial charge on any atom is 3.00 e. The first-order valence-corrected chi connectivity index (χ1v) is 4.38. The van der Waals surface area contributed by atoms with Crippen LogP contribution >= 0.6 is 15.6 Å². The van der Waals surface area contributed by atoms with Crippen LogP contribution in [-0.2, 0) is 43.3 Å². The average Bonchev–Trinajstić information content (AvgIpc) is 1.12. The monoisotopic (exact) mass is 416 g/mol. The van der Waals surface area contributed by atoms with E-state index in [2.05, 4.69) is 0 Å². The summed E-state index contributed by atoms with van der Waals surface area (Å²) < 4.78 is 17.1. The summed E-state index contributed by atoms with van der Waals surface area (Å²) in [5.74, 6) is 0. The summed E-state index contributed by atoms with van der Waals surface area (Å²) in [7, 11) is -10.8. The van der Waals surface area contributed by atoms with Gasteiger partial charge in [-0.15, -0.1) is 0 Å². The number of hydrogen-bond acceptors (Lipinski definition) is 10. The van der Waals surface area contributed by atoms with Crippen LogP contribution in [0.15, 0.2) is 0 Å². The van der Waals surface area contributed by atoms with E-state index < -0.39 is 15.6 Å². The molecule has 0 aliphatic heterocycles. The smallest absolute Gasteiger partial charge is 0.870 e. The number of hydrogen-bond donors (Lipinski definition) is 0.